The van der Waals surface area contributed by atoms with E-state index in [4.69, 9.17) is 5.21 Å². The van der Waals surface area contributed by atoms with Crippen LogP contribution in [-0.2, 0) is 6.18 Å². The Balaban J connectivity index is 2.37. The van der Waals surface area contributed by atoms with Crippen LogP contribution in [0.1, 0.15) is 58.7 Å². The molecule has 2 aromatic rings. The Morgan fingerprint density at radius 1 is 0.929 bits per heavy atom. The molecule has 150 valence electrons. The minimum absolute atomic E-state index is 0.202. The zero-order valence-electron chi connectivity index (χ0n) is 15.6. The van der Waals surface area contributed by atoms with Crippen molar-refractivity contribution in [3.05, 3.63) is 70.8 Å². The first-order chi connectivity index (χ1) is 12.9. The molecule has 0 spiro atoms. The van der Waals surface area contributed by atoms with Crippen LogP contribution >= 0.6 is 0 Å². The summed E-state index contributed by atoms with van der Waals surface area (Å²) in [6.07, 6.45) is -4.65. The summed E-state index contributed by atoms with van der Waals surface area (Å²) < 4.78 is 39.7. The fourth-order valence-electron chi connectivity index (χ4n) is 2.83. The van der Waals surface area contributed by atoms with Crippen LogP contribution < -0.4 is 10.8 Å². The molecule has 0 heterocycles. The van der Waals surface area contributed by atoms with Gasteiger partial charge < -0.3 is 5.32 Å². The van der Waals surface area contributed by atoms with Crippen molar-refractivity contribution in [1.29, 1.82) is 0 Å². The topological polar surface area (TPSA) is 78.4 Å². The van der Waals surface area contributed by atoms with Gasteiger partial charge in [0.05, 0.1) is 17.2 Å². The number of hydroxylamine groups is 1. The summed E-state index contributed by atoms with van der Waals surface area (Å²) in [5.41, 5.74) is 0.345. The van der Waals surface area contributed by atoms with E-state index in [0.29, 0.717) is 5.56 Å². The van der Waals surface area contributed by atoms with Crippen molar-refractivity contribution in [3.63, 3.8) is 0 Å². The van der Waals surface area contributed by atoms with E-state index in [2.05, 4.69) is 5.32 Å². The molecule has 0 aliphatic rings. The van der Waals surface area contributed by atoms with Gasteiger partial charge in [-0.15, -0.1) is 0 Å². The van der Waals surface area contributed by atoms with Crippen LogP contribution in [0.3, 0.4) is 0 Å². The third-order valence-electron chi connectivity index (χ3n) is 4.23. The van der Waals surface area contributed by atoms with Crippen molar-refractivity contribution in [3.8, 4) is 0 Å². The number of nitrogens with one attached hydrogen (secondary N) is 2. The molecule has 0 radical (unpaired) electrons. The molecule has 0 aromatic heterocycles. The Kier molecular flexibility index (Phi) is 6.14. The number of hydrogen-bond acceptors (Lipinski definition) is 3. The van der Waals surface area contributed by atoms with Gasteiger partial charge in [0.1, 0.15) is 0 Å². The first-order valence-electron chi connectivity index (χ1n) is 8.46. The summed E-state index contributed by atoms with van der Waals surface area (Å²) in [5, 5.41) is 11.4. The van der Waals surface area contributed by atoms with Gasteiger partial charge in [0.2, 0.25) is 0 Å². The molecule has 5 nitrogen and oxygen atoms in total. The molecule has 8 heteroatoms. The van der Waals surface area contributed by atoms with Crippen LogP contribution in [0, 0.1) is 5.41 Å². The average Bonchev–Trinajstić information content (AvgIpc) is 2.64. The van der Waals surface area contributed by atoms with Crippen molar-refractivity contribution in [2.24, 2.45) is 5.41 Å². The highest BCUT2D eigenvalue weighted by atomic mass is 19.4. The highest BCUT2D eigenvalue weighted by Crippen LogP contribution is 2.35. The summed E-state index contributed by atoms with van der Waals surface area (Å²) in [7, 11) is 0. The van der Waals surface area contributed by atoms with Crippen molar-refractivity contribution >= 4 is 11.8 Å². The Hall–Kier alpha value is -2.87. The molecule has 2 rings (SSSR count). The minimum Gasteiger partial charge on any atom is -0.345 e. The highest BCUT2D eigenvalue weighted by molar-refractivity contribution is 5.96. The van der Waals surface area contributed by atoms with Gasteiger partial charge in [0, 0.05) is 5.56 Å². The fourth-order valence-corrected chi connectivity index (χ4v) is 2.83. The number of hydrogen-bond donors (Lipinski definition) is 3. The summed E-state index contributed by atoms with van der Waals surface area (Å²) >= 11 is 0. The van der Waals surface area contributed by atoms with Crippen molar-refractivity contribution in [1.82, 2.24) is 10.8 Å². The molecule has 0 fully saturated rings. The monoisotopic (exact) mass is 394 g/mol. The van der Waals surface area contributed by atoms with E-state index in [1.807, 2.05) is 20.8 Å². The summed E-state index contributed by atoms with van der Waals surface area (Å²) in [6, 6.07) is 10.0. The van der Waals surface area contributed by atoms with E-state index in [1.54, 1.807) is 12.1 Å². The van der Waals surface area contributed by atoms with E-state index in [0.717, 1.165) is 12.1 Å². The highest BCUT2D eigenvalue weighted by Gasteiger charge is 2.36. The first kappa shape index (κ1) is 21.4. The molecule has 2 aromatic carbocycles. The lowest BCUT2D eigenvalue weighted by molar-refractivity contribution is -0.137. The number of halogens is 3. The van der Waals surface area contributed by atoms with E-state index in [9.17, 15) is 22.8 Å². The van der Waals surface area contributed by atoms with Crippen LogP contribution in [0.2, 0.25) is 0 Å². The van der Waals surface area contributed by atoms with Crippen molar-refractivity contribution in [2.45, 2.75) is 33.0 Å². The smallest absolute Gasteiger partial charge is 0.345 e. The maximum atomic E-state index is 13.2. The lowest BCUT2D eigenvalue weighted by atomic mass is 9.82. The second kappa shape index (κ2) is 8.02. The number of carbonyl (C=O) groups excluding carboxylic acids is 2. The molecule has 0 bridgehead atoms. The molecule has 2 amide bonds. The standard InChI is InChI=1S/C20H21F3N2O3/c1-19(2,3)16(12-8-10-13(11-9-12)17(26)25-28)24-18(27)14-6-4-5-7-15(14)20(21,22)23/h4-11,16,28H,1-3H3,(H,24,27)(H,25,26). The lowest BCUT2D eigenvalue weighted by Gasteiger charge is -2.32. The van der Waals surface area contributed by atoms with Crippen LogP contribution in [0.4, 0.5) is 13.2 Å². The van der Waals surface area contributed by atoms with E-state index < -0.39 is 40.6 Å². The third-order valence-corrected chi connectivity index (χ3v) is 4.23. The molecule has 3 N–H and O–H groups in total. The zero-order chi connectivity index (χ0) is 21.1. The molecular weight excluding hydrogens is 373 g/mol. The van der Waals surface area contributed by atoms with Crippen molar-refractivity contribution < 1.29 is 28.0 Å². The number of rotatable bonds is 4. The Morgan fingerprint density at radius 2 is 1.50 bits per heavy atom. The largest absolute Gasteiger partial charge is 0.417 e. The quantitative estimate of drug-likeness (QED) is 0.533. The number of alkyl halides is 3. The Labute approximate surface area is 160 Å². The van der Waals surface area contributed by atoms with E-state index in [1.165, 1.54) is 29.7 Å². The van der Waals surface area contributed by atoms with E-state index >= 15 is 0 Å². The van der Waals surface area contributed by atoms with Crippen LogP contribution in [-0.4, -0.2) is 17.0 Å². The number of carbonyl (C=O) groups is 2. The average molecular weight is 394 g/mol. The van der Waals surface area contributed by atoms with Crippen molar-refractivity contribution in [2.75, 3.05) is 0 Å². The first-order valence-corrected chi connectivity index (χ1v) is 8.46. The maximum absolute atomic E-state index is 13.2. The summed E-state index contributed by atoms with van der Waals surface area (Å²) in [5.74, 6) is -1.54. The zero-order valence-corrected chi connectivity index (χ0v) is 15.6. The molecule has 0 aliphatic carbocycles. The van der Waals surface area contributed by atoms with Crippen LogP contribution in [0.25, 0.3) is 0 Å². The second-order valence-electron chi connectivity index (χ2n) is 7.38. The van der Waals surface area contributed by atoms with Gasteiger partial charge in [0.25, 0.3) is 11.8 Å². The number of benzene rings is 2. The summed E-state index contributed by atoms with van der Waals surface area (Å²) in [4.78, 5) is 24.1. The van der Waals surface area contributed by atoms with Gasteiger partial charge in [-0.3, -0.25) is 14.8 Å². The van der Waals surface area contributed by atoms with Crippen LogP contribution in [0.15, 0.2) is 48.5 Å². The van der Waals surface area contributed by atoms with Gasteiger partial charge in [0.15, 0.2) is 0 Å². The predicted molar refractivity (Wildman–Crippen MR) is 96.8 cm³/mol. The minimum atomic E-state index is -4.65. The Morgan fingerprint density at radius 3 is 2.00 bits per heavy atom. The molecule has 0 saturated carbocycles. The summed E-state index contributed by atoms with van der Waals surface area (Å²) in [6.45, 7) is 5.51. The van der Waals surface area contributed by atoms with Gasteiger partial charge in [-0.1, -0.05) is 45.0 Å². The maximum Gasteiger partial charge on any atom is 0.417 e. The molecule has 1 unspecified atom stereocenters. The molecular formula is C20H21F3N2O3. The van der Waals surface area contributed by atoms with Gasteiger partial charge >= 0.3 is 6.18 Å². The Bertz CT molecular complexity index is 856. The molecule has 0 aliphatic heterocycles. The molecule has 0 saturated heterocycles. The number of amides is 2. The third kappa shape index (κ3) is 4.89. The van der Waals surface area contributed by atoms with E-state index in [-0.39, 0.29) is 5.56 Å². The fraction of sp³-hybridized carbons (Fsp3) is 0.300. The second-order valence-corrected chi connectivity index (χ2v) is 7.38. The van der Waals surface area contributed by atoms with Gasteiger partial charge in [-0.05, 0) is 35.2 Å². The normalized spacial score (nSPS) is 13.0. The predicted octanol–water partition coefficient (Wildman–Crippen LogP) is 4.34. The van der Waals surface area contributed by atoms with Gasteiger partial charge in [-0.2, -0.15) is 13.2 Å². The van der Waals surface area contributed by atoms with Crippen LogP contribution in [0.5, 0.6) is 0 Å². The lowest BCUT2D eigenvalue weighted by Crippen LogP contribution is -2.37. The van der Waals surface area contributed by atoms with Gasteiger partial charge in [-0.25, -0.2) is 5.48 Å². The SMILES string of the molecule is CC(C)(C)C(NC(=O)c1ccccc1C(F)(F)F)c1ccc(C(=O)NO)cc1. The molecule has 1 atom stereocenters. The molecule has 28 heavy (non-hydrogen) atoms.